The molecule has 4 rings (SSSR count). The highest BCUT2D eigenvalue weighted by molar-refractivity contribution is 5.85. The van der Waals surface area contributed by atoms with E-state index in [2.05, 4.69) is 13.8 Å². The topological polar surface area (TPSA) is 83.8 Å². The molecule has 4 saturated carbocycles. The standard InChI is InChI=1S/C21H32O5/c1-12(22)26-17-5-4-14-13-6-11-21(25)18(24)16(23)8-10-20(21,3)15(13)7-9-19(14,17)2/h13-15,17-18,24-25H,4-11H2,1-3H3. The lowest BCUT2D eigenvalue weighted by molar-refractivity contribution is -0.239. The zero-order chi connectivity index (χ0) is 18.9. The largest absolute Gasteiger partial charge is 0.462 e. The lowest BCUT2D eigenvalue weighted by Crippen LogP contribution is -2.68. The number of aliphatic hydroxyl groups excluding tert-OH is 1. The molecular formula is C21H32O5. The van der Waals surface area contributed by atoms with Crippen LogP contribution in [0, 0.1) is 28.6 Å². The number of hydrogen-bond donors (Lipinski definition) is 2. The third-order valence-electron chi connectivity index (χ3n) is 8.97. The van der Waals surface area contributed by atoms with Crippen LogP contribution >= 0.6 is 0 Å². The van der Waals surface area contributed by atoms with Gasteiger partial charge >= 0.3 is 5.97 Å². The smallest absolute Gasteiger partial charge is 0.302 e. The normalized spacial score (nSPS) is 53.4. The number of hydrogen-bond acceptors (Lipinski definition) is 5. The predicted octanol–water partition coefficient (Wildman–Crippen LogP) is 2.62. The van der Waals surface area contributed by atoms with Crippen LogP contribution in [0.5, 0.6) is 0 Å². The maximum atomic E-state index is 12.1. The molecule has 4 fully saturated rings. The van der Waals surface area contributed by atoms with Gasteiger partial charge in [0.05, 0.1) is 0 Å². The summed E-state index contributed by atoms with van der Waals surface area (Å²) in [5, 5.41) is 21.9. The third kappa shape index (κ3) is 2.22. The van der Waals surface area contributed by atoms with Gasteiger partial charge in [-0.2, -0.15) is 0 Å². The summed E-state index contributed by atoms with van der Waals surface area (Å²) in [5.74, 6) is 0.873. The fourth-order valence-corrected chi connectivity index (χ4v) is 7.46. The number of ether oxygens (including phenoxy) is 1. The molecule has 0 aliphatic heterocycles. The van der Waals surface area contributed by atoms with Crippen molar-refractivity contribution in [2.75, 3.05) is 0 Å². The van der Waals surface area contributed by atoms with Gasteiger partial charge < -0.3 is 14.9 Å². The molecule has 4 aliphatic rings. The molecule has 0 amide bonds. The maximum Gasteiger partial charge on any atom is 0.302 e. The molecule has 5 nitrogen and oxygen atoms in total. The van der Waals surface area contributed by atoms with Gasteiger partial charge in [-0.1, -0.05) is 13.8 Å². The molecule has 0 aromatic rings. The van der Waals surface area contributed by atoms with Crippen LogP contribution in [0.1, 0.15) is 72.1 Å². The molecule has 2 N–H and O–H groups in total. The average Bonchev–Trinajstić information content (AvgIpc) is 2.90. The van der Waals surface area contributed by atoms with Gasteiger partial charge in [0.15, 0.2) is 5.78 Å². The number of fused-ring (bicyclic) bond motifs is 5. The Morgan fingerprint density at radius 3 is 2.50 bits per heavy atom. The number of carbonyl (C=O) groups excluding carboxylic acids is 2. The van der Waals surface area contributed by atoms with E-state index in [1.165, 1.54) is 6.92 Å². The molecule has 8 unspecified atom stereocenters. The fraction of sp³-hybridized carbons (Fsp3) is 0.905. The molecule has 0 radical (unpaired) electrons. The fourth-order valence-electron chi connectivity index (χ4n) is 7.46. The van der Waals surface area contributed by atoms with Crippen LogP contribution in [0.25, 0.3) is 0 Å². The van der Waals surface area contributed by atoms with Crippen molar-refractivity contribution in [2.24, 2.45) is 28.6 Å². The van der Waals surface area contributed by atoms with E-state index in [-0.39, 0.29) is 23.3 Å². The van der Waals surface area contributed by atoms with Crippen molar-refractivity contribution in [2.45, 2.75) is 89.9 Å². The van der Waals surface area contributed by atoms with E-state index in [1.807, 2.05) is 0 Å². The Balaban J connectivity index is 1.64. The van der Waals surface area contributed by atoms with Crippen LogP contribution in [0.2, 0.25) is 0 Å². The zero-order valence-electron chi connectivity index (χ0n) is 16.2. The second-order valence-electron chi connectivity index (χ2n) is 9.85. The Labute approximate surface area is 155 Å². The molecule has 5 heteroatoms. The van der Waals surface area contributed by atoms with Crippen molar-refractivity contribution in [3.8, 4) is 0 Å². The number of carbonyl (C=O) groups is 2. The Bertz CT molecular complexity index is 632. The average molecular weight is 364 g/mol. The molecule has 8 atom stereocenters. The third-order valence-corrected chi connectivity index (χ3v) is 8.97. The van der Waals surface area contributed by atoms with E-state index in [1.54, 1.807) is 0 Å². The number of Topliss-reactive ketones (excluding diaryl/α,β-unsaturated/α-hetero) is 1. The van der Waals surface area contributed by atoms with Crippen molar-refractivity contribution in [3.05, 3.63) is 0 Å². The highest BCUT2D eigenvalue weighted by Crippen LogP contribution is 2.67. The molecule has 0 spiro atoms. The van der Waals surface area contributed by atoms with E-state index in [0.29, 0.717) is 37.0 Å². The minimum Gasteiger partial charge on any atom is -0.462 e. The van der Waals surface area contributed by atoms with Crippen LogP contribution in [-0.2, 0) is 14.3 Å². The summed E-state index contributed by atoms with van der Waals surface area (Å²) in [7, 11) is 0. The number of rotatable bonds is 1. The first kappa shape index (κ1) is 18.4. The van der Waals surface area contributed by atoms with Gasteiger partial charge in [0.25, 0.3) is 0 Å². The van der Waals surface area contributed by atoms with Crippen LogP contribution < -0.4 is 0 Å². The van der Waals surface area contributed by atoms with Crippen LogP contribution in [0.3, 0.4) is 0 Å². The van der Waals surface area contributed by atoms with Gasteiger partial charge in [-0.15, -0.1) is 0 Å². The Kier molecular flexibility index (Phi) is 4.09. The summed E-state index contributed by atoms with van der Waals surface area (Å²) >= 11 is 0. The van der Waals surface area contributed by atoms with Gasteiger partial charge in [0.2, 0.25) is 0 Å². The lowest BCUT2D eigenvalue weighted by atomic mass is 9.43. The predicted molar refractivity (Wildman–Crippen MR) is 95.1 cm³/mol. The number of esters is 1. The Hall–Kier alpha value is -0.940. The lowest BCUT2D eigenvalue weighted by Gasteiger charge is -2.63. The quantitative estimate of drug-likeness (QED) is 0.699. The van der Waals surface area contributed by atoms with Crippen LogP contribution in [0.15, 0.2) is 0 Å². The van der Waals surface area contributed by atoms with Crippen LogP contribution in [-0.4, -0.2) is 39.8 Å². The van der Waals surface area contributed by atoms with Gasteiger partial charge in [0.1, 0.15) is 17.8 Å². The van der Waals surface area contributed by atoms with E-state index in [0.717, 1.165) is 32.1 Å². The molecule has 0 bridgehead atoms. The van der Waals surface area contributed by atoms with Gasteiger partial charge in [-0.05, 0) is 62.7 Å². The summed E-state index contributed by atoms with van der Waals surface area (Å²) in [5.41, 5.74) is -1.68. The van der Waals surface area contributed by atoms with E-state index >= 15 is 0 Å². The first-order valence-corrected chi connectivity index (χ1v) is 10.2. The zero-order valence-corrected chi connectivity index (χ0v) is 16.2. The van der Waals surface area contributed by atoms with Crippen molar-refractivity contribution in [1.82, 2.24) is 0 Å². The summed E-state index contributed by atoms with van der Waals surface area (Å²) in [6.07, 6.45) is 5.04. The molecule has 26 heavy (non-hydrogen) atoms. The van der Waals surface area contributed by atoms with Gasteiger partial charge in [-0.25, -0.2) is 0 Å². The minimum absolute atomic E-state index is 0.00177. The molecule has 0 aromatic carbocycles. The van der Waals surface area contributed by atoms with E-state index in [4.69, 9.17) is 4.74 Å². The number of aliphatic hydroxyl groups is 2. The second kappa shape index (κ2) is 5.78. The molecule has 0 saturated heterocycles. The van der Waals surface area contributed by atoms with Crippen molar-refractivity contribution in [3.63, 3.8) is 0 Å². The Morgan fingerprint density at radius 2 is 1.81 bits per heavy atom. The highest BCUT2D eigenvalue weighted by atomic mass is 16.5. The van der Waals surface area contributed by atoms with Crippen molar-refractivity contribution >= 4 is 11.8 Å². The van der Waals surface area contributed by atoms with E-state index < -0.39 is 17.1 Å². The SMILES string of the molecule is CC(=O)OC1CCC2C3CCC4(O)C(O)C(=O)CCC4(C)C3CCC12C. The second-order valence-corrected chi connectivity index (χ2v) is 9.85. The minimum atomic E-state index is -1.29. The van der Waals surface area contributed by atoms with Crippen molar-refractivity contribution < 1.29 is 24.5 Å². The van der Waals surface area contributed by atoms with Crippen LogP contribution in [0.4, 0.5) is 0 Å². The van der Waals surface area contributed by atoms with Gasteiger partial charge in [-0.3, -0.25) is 9.59 Å². The van der Waals surface area contributed by atoms with Gasteiger partial charge in [0, 0.05) is 24.2 Å². The van der Waals surface area contributed by atoms with E-state index in [9.17, 15) is 19.8 Å². The molecule has 146 valence electrons. The highest BCUT2D eigenvalue weighted by Gasteiger charge is 2.67. The first-order valence-electron chi connectivity index (χ1n) is 10.2. The Morgan fingerprint density at radius 1 is 1.08 bits per heavy atom. The molecule has 4 aliphatic carbocycles. The summed E-state index contributed by atoms with van der Waals surface area (Å²) in [6.45, 7) is 5.86. The summed E-state index contributed by atoms with van der Waals surface area (Å²) in [4.78, 5) is 23.6. The molecular weight excluding hydrogens is 332 g/mol. The maximum absolute atomic E-state index is 12.1. The molecule has 0 heterocycles. The molecule has 0 aromatic heterocycles. The van der Waals surface area contributed by atoms with Crippen molar-refractivity contribution in [1.29, 1.82) is 0 Å². The summed E-state index contributed by atoms with van der Waals surface area (Å²) in [6, 6.07) is 0. The monoisotopic (exact) mass is 364 g/mol. The number of ketones is 1. The first-order chi connectivity index (χ1) is 12.1. The summed E-state index contributed by atoms with van der Waals surface area (Å²) < 4.78 is 5.67.